The van der Waals surface area contributed by atoms with Crippen LogP contribution in [0.15, 0.2) is 0 Å². The quantitative estimate of drug-likeness (QED) is 0.742. The molecule has 0 radical (unpaired) electrons. The molecular formula is C12H20N2O3. The zero-order valence-electron chi connectivity index (χ0n) is 10.1. The van der Waals surface area contributed by atoms with Crippen LogP contribution in [0.2, 0.25) is 0 Å². The number of amides is 2. The van der Waals surface area contributed by atoms with Gasteiger partial charge in [-0.2, -0.15) is 0 Å². The van der Waals surface area contributed by atoms with Crippen LogP contribution < -0.4 is 0 Å². The van der Waals surface area contributed by atoms with Crippen molar-refractivity contribution in [3.05, 3.63) is 0 Å². The average molecular weight is 240 g/mol. The largest absolute Gasteiger partial charge is 0.396 e. The van der Waals surface area contributed by atoms with Crippen molar-refractivity contribution in [3.8, 4) is 0 Å². The Morgan fingerprint density at radius 1 is 1.41 bits per heavy atom. The highest BCUT2D eigenvalue weighted by Gasteiger charge is 2.29. The molecule has 0 aromatic carbocycles. The molecule has 0 aromatic heterocycles. The van der Waals surface area contributed by atoms with Crippen molar-refractivity contribution in [2.24, 2.45) is 5.92 Å². The van der Waals surface area contributed by atoms with E-state index in [0.29, 0.717) is 25.4 Å². The summed E-state index contributed by atoms with van der Waals surface area (Å²) in [6.45, 7) is 2.93. The van der Waals surface area contributed by atoms with Gasteiger partial charge < -0.3 is 5.11 Å². The number of aliphatic hydroxyl groups is 1. The lowest BCUT2D eigenvalue weighted by molar-refractivity contribution is -0.142. The van der Waals surface area contributed by atoms with Crippen molar-refractivity contribution in [2.45, 2.75) is 25.7 Å². The summed E-state index contributed by atoms with van der Waals surface area (Å²) in [6, 6.07) is 0. The monoisotopic (exact) mass is 240 g/mol. The Balaban J connectivity index is 1.78. The number of carbonyl (C=O) groups is 2. The fourth-order valence-electron chi connectivity index (χ4n) is 2.66. The number of hydrogen-bond acceptors (Lipinski definition) is 4. The van der Waals surface area contributed by atoms with Gasteiger partial charge in [0.15, 0.2) is 0 Å². The van der Waals surface area contributed by atoms with Gasteiger partial charge in [0, 0.05) is 26.1 Å². The van der Waals surface area contributed by atoms with Crippen LogP contribution in [0.3, 0.4) is 0 Å². The molecule has 0 spiro atoms. The van der Waals surface area contributed by atoms with Gasteiger partial charge in [0.25, 0.3) is 0 Å². The van der Waals surface area contributed by atoms with Crippen LogP contribution in [0.25, 0.3) is 0 Å². The lowest BCUT2D eigenvalue weighted by Gasteiger charge is -2.19. The second-order valence-corrected chi connectivity index (χ2v) is 4.94. The van der Waals surface area contributed by atoms with Crippen LogP contribution in [0.5, 0.6) is 0 Å². The zero-order chi connectivity index (χ0) is 12.3. The van der Waals surface area contributed by atoms with Crippen LogP contribution in [0, 0.1) is 5.92 Å². The summed E-state index contributed by atoms with van der Waals surface area (Å²) in [5.74, 6) is 0.417. The SMILES string of the molecule is O=C1CCCN1C(=O)CN1CCC(CCO)C1. The van der Waals surface area contributed by atoms with E-state index in [-0.39, 0.29) is 18.4 Å². The van der Waals surface area contributed by atoms with Crippen LogP contribution in [-0.4, -0.2) is 59.5 Å². The number of carbonyl (C=O) groups excluding carboxylic acids is 2. The average Bonchev–Trinajstić information content (AvgIpc) is 2.88. The molecular weight excluding hydrogens is 220 g/mol. The van der Waals surface area contributed by atoms with Gasteiger partial charge in [0.05, 0.1) is 6.54 Å². The van der Waals surface area contributed by atoms with Gasteiger partial charge in [-0.3, -0.25) is 19.4 Å². The lowest BCUT2D eigenvalue weighted by Crippen LogP contribution is -2.40. The Morgan fingerprint density at radius 3 is 2.88 bits per heavy atom. The van der Waals surface area contributed by atoms with Crippen LogP contribution >= 0.6 is 0 Å². The third kappa shape index (κ3) is 3.04. The Morgan fingerprint density at radius 2 is 2.24 bits per heavy atom. The van der Waals surface area contributed by atoms with Crippen LogP contribution in [-0.2, 0) is 9.59 Å². The molecule has 2 fully saturated rings. The molecule has 2 amide bonds. The summed E-state index contributed by atoms with van der Waals surface area (Å²) in [7, 11) is 0. The third-order valence-corrected chi connectivity index (χ3v) is 3.64. The molecule has 1 N–H and O–H groups in total. The minimum absolute atomic E-state index is 0.0268. The van der Waals surface area contributed by atoms with Crippen molar-refractivity contribution in [1.82, 2.24) is 9.80 Å². The maximum absolute atomic E-state index is 11.9. The molecule has 2 rings (SSSR count). The number of hydrogen-bond donors (Lipinski definition) is 1. The molecule has 5 nitrogen and oxygen atoms in total. The molecule has 2 saturated heterocycles. The highest BCUT2D eigenvalue weighted by Crippen LogP contribution is 2.19. The Labute approximate surface area is 101 Å². The molecule has 2 aliphatic rings. The Hall–Kier alpha value is -0.940. The summed E-state index contributed by atoms with van der Waals surface area (Å²) in [5, 5.41) is 8.86. The smallest absolute Gasteiger partial charge is 0.243 e. The van der Waals surface area contributed by atoms with E-state index >= 15 is 0 Å². The zero-order valence-corrected chi connectivity index (χ0v) is 10.1. The first-order valence-corrected chi connectivity index (χ1v) is 6.37. The van der Waals surface area contributed by atoms with Gasteiger partial charge in [0.2, 0.25) is 11.8 Å². The molecule has 0 aromatic rings. The molecule has 96 valence electrons. The van der Waals surface area contributed by atoms with Gasteiger partial charge in [-0.15, -0.1) is 0 Å². The van der Waals surface area contributed by atoms with Gasteiger partial charge in [-0.25, -0.2) is 0 Å². The van der Waals surface area contributed by atoms with E-state index < -0.39 is 0 Å². The molecule has 0 saturated carbocycles. The predicted octanol–water partition coefficient (Wildman–Crippen LogP) is -0.160. The second kappa shape index (κ2) is 5.60. The van der Waals surface area contributed by atoms with Gasteiger partial charge >= 0.3 is 0 Å². The maximum atomic E-state index is 11.9. The Bertz CT molecular complexity index is 306. The van der Waals surface area contributed by atoms with E-state index in [1.165, 1.54) is 4.90 Å². The van der Waals surface area contributed by atoms with Crippen molar-refractivity contribution in [3.63, 3.8) is 0 Å². The lowest BCUT2D eigenvalue weighted by atomic mass is 10.1. The number of nitrogens with zero attached hydrogens (tertiary/aromatic N) is 2. The predicted molar refractivity (Wildman–Crippen MR) is 62.2 cm³/mol. The molecule has 1 unspecified atom stereocenters. The normalized spacial score (nSPS) is 25.8. The summed E-state index contributed by atoms with van der Waals surface area (Å²) in [4.78, 5) is 26.8. The maximum Gasteiger partial charge on any atom is 0.243 e. The molecule has 0 aliphatic carbocycles. The van der Waals surface area contributed by atoms with E-state index in [9.17, 15) is 9.59 Å². The third-order valence-electron chi connectivity index (χ3n) is 3.64. The topological polar surface area (TPSA) is 60.9 Å². The minimum atomic E-state index is -0.0582. The molecule has 2 heterocycles. The van der Waals surface area contributed by atoms with Crippen molar-refractivity contribution in [1.29, 1.82) is 0 Å². The first-order chi connectivity index (χ1) is 8.20. The number of likely N-dealkylation sites (tertiary alicyclic amines) is 2. The van der Waals surface area contributed by atoms with E-state index in [2.05, 4.69) is 4.90 Å². The Kier molecular flexibility index (Phi) is 4.12. The fraction of sp³-hybridized carbons (Fsp3) is 0.833. The van der Waals surface area contributed by atoms with E-state index in [4.69, 9.17) is 5.11 Å². The minimum Gasteiger partial charge on any atom is -0.396 e. The molecule has 17 heavy (non-hydrogen) atoms. The first kappa shape index (κ1) is 12.5. The molecule has 5 heteroatoms. The van der Waals surface area contributed by atoms with E-state index in [0.717, 1.165) is 32.4 Å². The summed E-state index contributed by atoms with van der Waals surface area (Å²) in [6.07, 6.45) is 3.17. The van der Waals surface area contributed by atoms with E-state index in [1.54, 1.807) is 0 Å². The van der Waals surface area contributed by atoms with E-state index in [1.807, 2.05) is 0 Å². The molecule has 1 atom stereocenters. The van der Waals surface area contributed by atoms with Crippen molar-refractivity contribution >= 4 is 11.8 Å². The van der Waals surface area contributed by atoms with Gasteiger partial charge in [-0.05, 0) is 31.7 Å². The number of imide groups is 1. The summed E-state index contributed by atoms with van der Waals surface area (Å²) >= 11 is 0. The first-order valence-electron chi connectivity index (χ1n) is 6.37. The fourth-order valence-corrected chi connectivity index (χ4v) is 2.66. The highest BCUT2D eigenvalue weighted by atomic mass is 16.3. The van der Waals surface area contributed by atoms with Gasteiger partial charge in [-0.1, -0.05) is 0 Å². The highest BCUT2D eigenvalue weighted by molar-refractivity contribution is 5.97. The number of rotatable bonds is 4. The summed E-state index contributed by atoms with van der Waals surface area (Å²) in [5.41, 5.74) is 0. The van der Waals surface area contributed by atoms with Crippen molar-refractivity contribution < 1.29 is 14.7 Å². The standard InChI is InChI=1S/C12H20N2O3/c15-7-4-10-3-6-13(8-10)9-12(17)14-5-1-2-11(14)16/h10,15H,1-9H2. The summed E-state index contributed by atoms with van der Waals surface area (Å²) < 4.78 is 0. The van der Waals surface area contributed by atoms with Crippen LogP contribution in [0.4, 0.5) is 0 Å². The van der Waals surface area contributed by atoms with Gasteiger partial charge in [0.1, 0.15) is 0 Å². The molecule has 2 aliphatic heterocycles. The molecule has 0 bridgehead atoms. The second-order valence-electron chi connectivity index (χ2n) is 4.94. The van der Waals surface area contributed by atoms with Crippen molar-refractivity contribution in [2.75, 3.05) is 32.8 Å². The number of aliphatic hydroxyl groups excluding tert-OH is 1. The van der Waals surface area contributed by atoms with Crippen LogP contribution in [0.1, 0.15) is 25.7 Å².